The van der Waals surface area contributed by atoms with Crippen LogP contribution in [-0.4, -0.2) is 21.7 Å². The summed E-state index contributed by atoms with van der Waals surface area (Å²) in [6.45, 7) is 1.97. The molecule has 0 saturated heterocycles. The van der Waals surface area contributed by atoms with E-state index >= 15 is 0 Å². The lowest BCUT2D eigenvalue weighted by Crippen LogP contribution is -1.97. The van der Waals surface area contributed by atoms with Crippen molar-refractivity contribution >= 4 is 23.2 Å². The Bertz CT molecular complexity index is 797. The molecule has 0 aliphatic carbocycles. The summed E-state index contributed by atoms with van der Waals surface area (Å²) in [6, 6.07) is 9.53. The molecule has 0 radical (unpaired) electrons. The second-order valence-corrected chi connectivity index (χ2v) is 4.83. The first-order valence-electron chi connectivity index (χ1n) is 6.06. The van der Waals surface area contributed by atoms with Gasteiger partial charge in [-0.05, 0) is 36.8 Å². The largest absolute Gasteiger partial charge is 0.495 e. The van der Waals surface area contributed by atoms with Crippen LogP contribution >= 0.6 is 11.6 Å². The number of hydrogen-bond acceptors (Lipinski definition) is 4. The number of nitrogen functional groups attached to an aromatic ring is 1. The first kappa shape index (κ1) is 12.7. The smallest absolute Gasteiger partial charge is 0.240 e. The number of pyridine rings is 1. The lowest BCUT2D eigenvalue weighted by atomic mass is 10.0. The van der Waals surface area contributed by atoms with Crippen LogP contribution in [-0.2, 0) is 0 Å². The summed E-state index contributed by atoms with van der Waals surface area (Å²) in [5.74, 6) is 0.914. The standard InChI is InChI=1S/C14H13ClN4O/c1-8-10(4-6-13-17-14(16)18-19(8)13)9-3-5-12(20-2)11(15)7-9/h3-7H,1-2H3,(H2,16,18). The van der Waals surface area contributed by atoms with Crippen molar-refractivity contribution in [3.8, 4) is 16.9 Å². The van der Waals surface area contributed by atoms with Gasteiger partial charge in [-0.2, -0.15) is 4.98 Å². The maximum atomic E-state index is 6.17. The number of methoxy groups -OCH3 is 1. The predicted molar refractivity (Wildman–Crippen MR) is 79.1 cm³/mol. The van der Waals surface area contributed by atoms with Crippen LogP contribution in [0.15, 0.2) is 30.3 Å². The number of ether oxygens (including phenoxy) is 1. The van der Waals surface area contributed by atoms with E-state index in [1.54, 1.807) is 11.6 Å². The first-order chi connectivity index (χ1) is 9.60. The summed E-state index contributed by atoms with van der Waals surface area (Å²) >= 11 is 6.17. The quantitative estimate of drug-likeness (QED) is 0.787. The number of benzene rings is 1. The third kappa shape index (κ3) is 1.96. The molecule has 0 amide bonds. The average molecular weight is 289 g/mol. The van der Waals surface area contributed by atoms with E-state index < -0.39 is 0 Å². The Morgan fingerprint density at radius 1 is 1.25 bits per heavy atom. The predicted octanol–water partition coefficient (Wildman–Crippen LogP) is 2.95. The summed E-state index contributed by atoms with van der Waals surface area (Å²) in [5.41, 5.74) is 9.32. The summed E-state index contributed by atoms with van der Waals surface area (Å²) in [5, 5.41) is 4.75. The lowest BCUT2D eigenvalue weighted by molar-refractivity contribution is 0.415. The third-order valence-corrected chi connectivity index (χ3v) is 3.51. The zero-order valence-electron chi connectivity index (χ0n) is 11.1. The maximum absolute atomic E-state index is 6.17. The number of anilines is 1. The summed E-state index contributed by atoms with van der Waals surface area (Å²) < 4.78 is 6.89. The highest BCUT2D eigenvalue weighted by atomic mass is 35.5. The zero-order chi connectivity index (χ0) is 14.3. The van der Waals surface area contributed by atoms with Crippen LogP contribution in [0.3, 0.4) is 0 Å². The van der Waals surface area contributed by atoms with Crippen molar-refractivity contribution in [2.45, 2.75) is 6.92 Å². The van der Waals surface area contributed by atoms with Gasteiger partial charge in [0.25, 0.3) is 0 Å². The monoisotopic (exact) mass is 288 g/mol. The normalized spacial score (nSPS) is 10.9. The molecule has 5 nitrogen and oxygen atoms in total. The van der Waals surface area contributed by atoms with Crippen LogP contribution in [0, 0.1) is 6.92 Å². The van der Waals surface area contributed by atoms with Gasteiger partial charge in [0.05, 0.1) is 12.1 Å². The molecule has 0 bridgehead atoms. The molecule has 2 aromatic heterocycles. The van der Waals surface area contributed by atoms with Gasteiger partial charge in [0, 0.05) is 11.3 Å². The molecule has 2 N–H and O–H groups in total. The molecular weight excluding hydrogens is 276 g/mol. The Morgan fingerprint density at radius 2 is 2.05 bits per heavy atom. The summed E-state index contributed by atoms with van der Waals surface area (Å²) in [7, 11) is 1.59. The van der Waals surface area contributed by atoms with Gasteiger partial charge in [-0.25, -0.2) is 4.52 Å². The van der Waals surface area contributed by atoms with Gasteiger partial charge in [0.2, 0.25) is 5.95 Å². The number of aromatic nitrogens is 3. The lowest BCUT2D eigenvalue weighted by Gasteiger charge is -2.09. The minimum Gasteiger partial charge on any atom is -0.495 e. The van der Waals surface area contributed by atoms with Crippen molar-refractivity contribution in [3.63, 3.8) is 0 Å². The number of fused-ring (bicyclic) bond motifs is 1. The van der Waals surface area contributed by atoms with Crippen molar-refractivity contribution < 1.29 is 4.74 Å². The van der Waals surface area contributed by atoms with E-state index in [-0.39, 0.29) is 5.95 Å². The third-order valence-electron chi connectivity index (χ3n) is 3.22. The molecule has 0 aliphatic rings. The van der Waals surface area contributed by atoms with E-state index in [0.717, 1.165) is 22.5 Å². The molecule has 0 saturated carbocycles. The molecule has 0 unspecified atom stereocenters. The van der Waals surface area contributed by atoms with Gasteiger partial charge < -0.3 is 10.5 Å². The fraction of sp³-hybridized carbons (Fsp3) is 0.143. The first-order valence-corrected chi connectivity index (χ1v) is 6.43. The molecular formula is C14H13ClN4O. The van der Waals surface area contributed by atoms with Crippen LogP contribution in [0.2, 0.25) is 5.02 Å². The Balaban J connectivity index is 2.18. The topological polar surface area (TPSA) is 65.4 Å². The molecule has 102 valence electrons. The number of aryl methyl sites for hydroxylation is 1. The highest BCUT2D eigenvalue weighted by molar-refractivity contribution is 6.32. The maximum Gasteiger partial charge on any atom is 0.240 e. The van der Waals surface area contributed by atoms with Crippen LogP contribution in [0.25, 0.3) is 16.8 Å². The van der Waals surface area contributed by atoms with Crippen molar-refractivity contribution in [3.05, 3.63) is 41.0 Å². The molecule has 0 aliphatic heterocycles. The number of halogens is 1. The second-order valence-electron chi connectivity index (χ2n) is 4.42. The Labute approximate surface area is 121 Å². The van der Waals surface area contributed by atoms with E-state index in [1.165, 1.54) is 0 Å². The molecule has 1 aromatic carbocycles. The van der Waals surface area contributed by atoms with Gasteiger partial charge in [-0.3, -0.25) is 0 Å². The molecule has 2 heterocycles. The van der Waals surface area contributed by atoms with E-state index in [4.69, 9.17) is 22.1 Å². The number of nitrogens with zero attached hydrogens (tertiary/aromatic N) is 3. The van der Waals surface area contributed by atoms with Gasteiger partial charge in [0.1, 0.15) is 5.75 Å². The van der Waals surface area contributed by atoms with Crippen LogP contribution in [0.5, 0.6) is 5.75 Å². The van der Waals surface area contributed by atoms with Crippen molar-refractivity contribution in [1.29, 1.82) is 0 Å². The van der Waals surface area contributed by atoms with Crippen LogP contribution < -0.4 is 10.5 Å². The van der Waals surface area contributed by atoms with Gasteiger partial charge >= 0.3 is 0 Å². The van der Waals surface area contributed by atoms with E-state index in [2.05, 4.69) is 10.1 Å². The highest BCUT2D eigenvalue weighted by Crippen LogP contribution is 2.31. The number of rotatable bonds is 2. The minimum atomic E-state index is 0.262. The van der Waals surface area contributed by atoms with Crippen LogP contribution in [0.1, 0.15) is 5.69 Å². The molecule has 3 aromatic rings. The molecule has 0 atom stereocenters. The molecule has 3 rings (SSSR count). The van der Waals surface area contributed by atoms with Gasteiger partial charge in [-0.15, -0.1) is 5.10 Å². The summed E-state index contributed by atoms with van der Waals surface area (Å²) in [4.78, 5) is 4.14. The molecule has 6 heteroatoms. The minimum absolute atomic E-state index is 0.262. The average Bonchev–Trinajstić information content (AvgIpc) is 2.81. The van der Waals surface area contributed by atoms with Crippen molar-refractivity contribution in [1.82, 2.24) is 14.6 Å². The Morgan fingerprint density at radius 3 is 2.75 bits per heavy atom. The molecule has 0 fully saturated rings. The number of nitrogens with two attached hydrogens (primary N) is 1. The number of hydrogen-bond donors (Lipinski definition) is 1. The fourth-order valence-corrected chi connectivity index (χ4v) is 2.48. The molecule has 20 heavy (non-hydrogen) atoms. The van der Waals surface area contributed by atoms with Crippen LogP contribution in [0.4, 0.5) is 5.95 Å². The van der Waals surface area contributed by atoms with E-state index in [1.807, 2.05) is 37.3 Å². The SMILES string of the molecule is COc1ccc(-c2ccc3nc(N)nn3c2C)cc1Cl. The second kappa shape index (κ2) is 4.68. The highest BCUT2D eigenvalue weighted by Gasteiger charge is 2.10. The zero-order valence-corrected chi connectivity index (χ0v) is 11.8. The van der Waals surface area contributed by atoms with Gasteiger partial charge in [0.15, 0.2) is 5.65 Å². The Hall–Kier alpha value is -2.27. The summed E-state index contributed by atoms with van der Waals surface area (Å²) in [6.07, 6.45) is 0. The van der Waals surface area contributed by atoms with Crippen molar-refractivity contribution in [2.24, 2.45) is 0 Å². The molecule has 0 spiro atoms. The fourth-order valence-electron chi connectivity index (χ4n) is 2.23. The van der Waals surface area contributed by atoms with Crippen molar-refractivity contribution in [2.75, 3.05) is 12.8 Å². The van der Waals surface area contributed by atoms with E-state index in [9.17, 15) is 0 Å². The van der Waals surface area contributed by atoms with Gasteiger partial charge in [-0.1, -0.05) is 17.7 Å². The Kier molecular flexibility index (Phi) is 2.99. The van der Waals surface area contributed by atoms with E-state index in [0.29, 0.717) is 10.8 Å².